The van der Waals surface area contributed by atoms with Crippen molar-refractivity contribution in [3.05, 3.63) is 39.9 Å². The summed E-state index contributed by atoms with van der Waals surface area (Å²) in [6.07, 6.45) is 7.86. The van der Waals surface area contributed by atoms with Crippen LogP contribution in [0.4, 0.5) is 0 Å². The van der Waals surface area contributed by atoms with Gasteiger partial charge in [0.2, 0.25) is 5.91 Å². The lowest BCUT2D eigenvalue weighted by atomic mass is 9.98. The molecule has 0 heterocycles. The second-order valence-corrected chi connectivity index (χ2v) is 6.10. The summed E-state index contributed by atoms with van der Waals surface area (Å²) in [5, 5.41) is 4.09. The van der Waals surface area contributed by atoms with Crippen LogP contribution in [0.15, 0.2) is 24.3 Å². The largest absolute Gasteiger partial charge is 0.352 e. The molecule has 0 radical (unpaired) electrons. The summed E-state index contributed by atoms with van der Waals surface area (Å²) in [7, 11) is 0. The Bertz CT molecular complexity index is 459. The zero-order chi connectivity index (χ0) is 15.7. The van der Waals surface area contributed by atoms with E-state index in [9.17, 15) is 4.79 Å². The van der Waals surface area contributed by atoms with Crippen LogP contribution in [0.5, 0.6) is 0 Å². The minimum Gasteiger partial charge on any atom is -0.352 e. The summed E-state index contributed by atoms with van der Waals surface area (Å²) in [4.78, 5) is 11.8. The van der Waals surface area contributed by atoms with Gasteiger partial charge in [-0.15, -0.1) is 0 Å². The van der Waals surface area contributed by atoms with Crippen molar-refractivity contribution in [2.45, 2.75) is 39.5 Å². The molecule has 0 unspecified atom stereocenters. The van der Waals surface area contributed by atoms with Crippen molar-refractivity contribution in [2.75, 3.05) is 6.54 Å². The average Bonchev–Trinajstić information content (AvgIpc) is 2.42. The molecule has 0 atom stereocenters. The number of hydrogen-bond donors (Lipinski definition) is 1. The minimum absolute atomic E-state index is 0.0803. The molecule has 1 aromatic carbocycles. The highest BCUT2D eigenvalue weighted by molar-refractivity contribution is 6.34. The first-order valence-electron chi connectivity index (χ1n) is 7.47. The number of rotatable bonds is 8. The molecular weight excluding hydrogens is 305 g/mol. The molecule has 116 valence electrons. The maximum atomic E-state index is 11.8. The molecule has 0 saturated carbocycles. The molecule has 0 fully saturated rings. The Morgan fingerprint density at radius 1 is 1.14 bits per heavy atom. The number of halogens is 2. The van der Waals surface area contributed by atoms with Gasteiger partial charge in [-0.05, 0) is 48.6 Å². The molecule has 0 spiro atoms. The maximum absolute atomic E-state index is 11.8. The van der Waals surface area contributed by atoms with Crippen molar-refractivity contribution in [3.63, 3.8) is 0 Å². The van der Waals surface area contributed by atoms with Crippen LogP contribution in [0.2, 0.25) is 10.0 Å². The third-order valence-electron chi connectivity index (χ3n) is 3.27. The molecule has 4 heteroatoms. The van der Waals surface area contributed by atoms with Crippen molar-refractivity contribution >= 4 is 35.2 Å². The van der Waals surface area contributed by atoms with Crippen LogP contribution >= 0.6 is 23.2 Å². The summed E-state index contributed by atoms with van der Waals surface area (Å²) in [5.74, 6) is 0.487. The van der Waals surface area contributed by atoms with Crippen LogP contribution in [0.25, 0.3) is 6.08 Å². The maximum Gasteiger partial charge on any atom is 0.244 e. The Morgan fingerprint density at radius 2 is 1.71 bits per heavy atom. The Labute approximate surface area is 137 Å². The number of amides is 1. The quantitative estimate of drug-likeness (QED) is 0.641. The molecule has 1 rings (SSSR count). The van der Waals surface area contributed by atoms with Crippen molar-refractivity contribution in [2.24, 2.45) is 5.92 Å². The third kappa shape index (κ3) is 7.54. The Kier molecular flexibility index (Phi) is 8.48. The first-order chi connectivity index (χ1) is 10.0. The Balaban J connectivity index is 2.50. The first-order valence-corrected chi connectivity index (χ1v) is 8.22. The standard InChI is InChI=1S/C17H23Cl2NO/c1-3-5-13(6-4-2)12-20-17(21)8-7-14-9-15(18)11-16(19)10-14/h7-11,13H,3-6,12H2,1-2H3,(H,20,21)/b8-7+. The van der Waals surface area contributed by atoms with Gasteiger partial charge in [-0.1, -0.05) is 49.9 Å². The van der Waals surface area contributed by atoms with Gasteiger partial charge < -0.3 is 5.32 Å². The van der Waals surface area contributed by atoms with Crippen LogP contribution in [0, 0.1) is 5.92 Å². The zero-order valence-corrected chi connectivity index (χ0v) is 14.2. The van der Waals surface area contributed by atoms with Gasteiger partial charge in [0, 0.05) is 22.7 Å². The van der Waals surface area contributed by atoms with Crippen molar-refractivity contribution in [1.29, 1.82) is 0 Å². The SMILES string of the molecule is CCCC(CCC)CNC(=O)/C=C/c1cc(Cl)cc(Cl)c1. The number of carbonyl (C=O) groups excluding carboxylic acids is 1. The topological polar surface area (TPSA) is 29.1 Å². The van der Waals surface area contributed by atoms with Gasteiger partial charge >= 0.3 is 0 Å². The summed E-state index contributed by atoms with van der Waals surface area (Å²) in [6.45, 7) is 5.09. The van der Waals surface area contributed by atoms with Crippen LogP contribution in [-0.4, -0.2) is 12.5 Å². The molecule has 1 N–H and O–H groups in total. The molecule has 0 aromatic heterocycles. The van der Waals surface area contributed by atoms with E-state index in [1.165, 1.54) is 6.08 Å². The van der Waals surface area contributed by atoms with Gasteiger partial charge in [0.1, 0.15) is 0 Å². The van der Waals surface area contributed by atoms with E-state index in [4.69, 9.17) is 23.2 Å². The highest BCUT2D eigenvalue weighted by Crippen LogP contribution is 2.19. The minimum atomic E-state index is -0.0803. The van der Waals surface area contributed by atoms with Gasteiger partial charge in [0.25, 0.3) is 0 Å². The van der Waals surface area contributed by atoms with Gasteiger partial charge in [0.05, 0.1) is 0 Å². The smallest absolute Gasteiger partial charge is 0.244 e. The van der Waals surface area contributed by atoms with Crippen molar-refractivity contribution in [3.8, 4) is 0 Å². The summed E-state index contributed by atoms with van der Waals surface area (Å²) < 4.78 is 0. The van der Waals surface area contributed by atoms with E-state index in [-0.39, 0.29) is 5.91 Å². The average molecular weight is 328 g/mol. The van der Waals surface area contributed by atoms with Crippen LogP contribution in [0.3, 0.4) is 0 Å². The number of hydrogen-bond acceptors (Lipinski definition) is 1. The van der Waals surface area contributed by atoms with Gasteiger partial charge in [-0.25, -0.2) is 0 Å². The first kappa shape index (κ1) is 18.1. The lowest BCUT2D eigenvalue weighted by Crippen LogP contribution is -2.27. The predicted molar refractivity (Wildman–Crippen MR) is 91.8 cm³/mol. The van der Waals surface area contributed by atoms with Gasteiger partial charge in [0.15, 0.2) is 0 Å². The summed E-state index contributed by atoms with van der Waals surface area (Å²) in [6, 6.07) is 5.21. The highest BCUT2D eigenvalue weighted by atomic mass is 35.5. The van der Waals surface area contributed by atoms with E-state index in [1.54, 1.807) is 24.3 Å². The van der Waals surface area contributed by atoms with Crippen molar-refractivity contribution < 1.29 is 4.79 Å². The molecule has 21 heavy (non-hydrogen) atoms. The molecular formula is C17H23Cl2NO. The van der Waals surface area contributed by atoms with E-state index in [0.717, 1.165) is 37.8 Å². The molecule has 1 amide bonds. The number of carbonyl (C=O) groups is 1. The number of nitrogens with one attached hydrogen (secondary N) is 1. The predicted octanol–water partition coefficient (Wildman–Crippen LogP) is 5.34. The Hall–Kier alpha value is -0.990. The van der Waals surface area contributed by atoms with Gasteiger partial charge in [-0.3, -0.25) is 4.79 Å². The van der Waals surface area contributed by atoms with E-state index < -0.39 is 0 Å². The highest BCUT2D eigenvalue weighted by Gasteiger charge is 2.07. The Morgan fingerprint density at radius 3 is 2.24 bits per heavy atom. The van der Waals surface area contributed by atoms with E-state index >= 15 is 0 Å². The second-order valence-electron chi connectivity index (χ2n) is 5.22. The normalized spacial score (nSPS) is 11.3. The molecule has 1 aromatic rings. The lowest BCUT2D eigenvalue weighted by Gasteiger charge is -2.15. The van der Waals surface area contributed by atoms with E-state index in [2.05, 4.69) is 19.2 Å². The van der Waals surface area contributed by atoms with E-state index in [0.29, 0.717) is 16.0 Å². The van der Waals surface area contributed by atoms with Crippen LogP contribution in [0.1, 0.15) is 45.1 Å². The van der Waals surface area contributed by atoms with Crippen LogP contribution < -0.4 is 5.32 Å². The molecule has 0 aliphatic rings. The summed E-state index contributed by atoms with van der Waals surface area (Å²) >= 11 is 11.8. The fourth-order valence-corrected chi connectivity index (χ4v) is 2.86. The molecule has 0 aliphatic carbocycles. The fraction of sp³-hybridized carbons (Fsp3) is 0.471. The fourth-order valence-electron chi connectivity index (χ4n) is 2.31. The van der Waals surface area contributed by atoms with Gasteiger partial charge in [-0.2, -0.15) is 0 Å². The lowest BCUT2D eigenvalue weighted by molar-refractivity contribution is -0.116. The van der Waals surface area contributed by atoms with E-state index in [1.807, 2.05) is 0 Å². The molecule has 0 saturated heterocycles. The molecule has 0 bridgehead atoms. The number of benzene rings is 1. The third-order valence-corrected chi connectivity index (χ3v) is 3.71. The summed E-state index contributed by atoms with van der Waals surface area (Å²) in [5.41, 5.74) is 0.821. The molecule has 2 nitrogen and oxygen atoms in total. The second kappa shape index (κ2) is 9.86. The monoisotopic (exact) mass is 327 g/mol. The molecule has 0 aliphatic heterocycles. The van der Waals surface area contributed by atoms with Crippen molar-refractivity contribution in [1.82, 2.24) is 5.32 Å². The zero-order valence-electron chi connectivity index (χ0n) is 12.7. The van der Waals surface area contributed by atoms with Crippen LogP contribution in [-0.2, 0) is 4.79 Å².